The highest BCUT2D eigenvalue weighted by molar-refractivity contribution is 7.18. The van der Waals surface area contributed by atoms with Gasteiger partial charge in [-0.1, -0.05) is 41.9 Å². The number of carbonyl (C=O) groups is 2. The van der Waals surface area contributed by atoms with Crippen LogP contribution in [-0.4, -0.2) is 54.9 Å². The first-order valence-corrected chi connectivity index (χ1v) is 12.0. The summed E-state index contributed by atoms with van der Waals surface area (Å²) in [6, 6.07) is 14.6. The standard InChI is InChI=1S/C25H25ClFN3O3S/c1-15-21(24(31)28-13-16-7-9-17(26)10-8-16)23(34-22(15)25(32)33)18-5-3-4-6-19(18)30-12-11-29(2)20(27)14-30/h3-10,20H,11-14H2,1-2H3,(H,28,31)(H,32,33). The van der Waals surface area contributed by atoms with Crippen LogP contribution in [0.1, 0.15) is 31.2 Å². The molecule has 2 aromatic carbocycles. The molecule has 0 radical (unpaired) electrons. The van der Waals surface area contributed by atoms with Crippen molar-refractivity contribution in [3.05, 3.63) is 75.1 Å². The number of piperazine rings is 1. The van der Waals surface area contributed by atoms with Gasteiger partial charge in [0.25, 0.3) is 5.91 Å². The van der Waals surface area contributed by atoms with Gasteiger partial charge in [0.15, 0.2) is 6.30 Å². The predicted molar refractivity (Wildman–Crippen MR) is 134 cm³/mol. The van der Waals surface area contributed by atoms with Crippen LogP contribution in [0.4, 0.5) is 10.1 Å². The summed E-state index contributed by atoms with van der Waals surface area (Å²) in [5.41, 5.74) is 3.12. The average molecular weight is 502 g/mol. The van der Waals surface area contributed by atoms with Crippen LogP contribution in [0, 0.1) is 6.92 Å². The monoisotopic (exact) mass is 501 g/mol. The number of hydrogen-bond acceptors (Lipinski definition) is 5. The summed E-state index contributed by atoms with van der Waals surface area (Å²) in [7, 11) is 1.75. The zero-order valence-electron chi connectivity index (χ0n) is 18.8. The molecule has 0 bridgehead atoms. The molecule has 4 rings (SSSR count). The van der Waals surface area contributed by atoms with Crippen LogP contribution < -0.4 is 10.2 Å². The molecule has 178 valence electrons. The molecular weight excluding hydrogens is 477 g/mol. The molecular formula is C25H25ClFN3O3S. The molecule has 9 heteroatoms. The third-order valence-corrected chi connectivity index (χ3v) is 7.56. The summed E-state index contributed by atoms with van der Waals surface area (Å²) in [5, 5.41) is 13.3. The number of carboxylic acid groups (broad SMARTS) is 1. The third-order valence-electron chi connectivity index (χ3n) is 6.00. The van der Waals surface area contributed by atoms with Crippen molar-refractivity contribution in [2.75, 3.05) is 31.6 Å². The van der Waals surface area contributed by atoms with Crippen LogP contribution in [0.25, 0.3) is 10.4 Å². The quantitative estimate of drug-likeness (QED) is 0.462. The van der Waals surface area contributed by atoms with E-state index in [2.05, 4.69) is 5.32 Å². The van der Waals surface area contributed by atoms with E-state index in [0.717, 1.165) is 28.2 Å². The Hall–Kier alpha value is -2.94. The highest BCUT2D eigenvalue weighted by atomic mass is 35.5. The topological polar surface area (TPSA) is 72.9 Å². The number of aromatic carboxylic acids is 1. The summed E-state index contributed by atoms with van der Waals surface area (Å²) in [5.74, 6) is -1.44. The molecule has 1 atom stereocenters. The van der Waals surface area contributed by atoms with Gasteiger partial charge in [-0.3, -0.25) is 9.69 Å². The molecule has 2 N–H and O–H groups in total. The molecule has 1 saturated heterocycles. The number of thiophene rings is 1. The normalized spacial score (nSPS) is 16.5. The van der Waals surface area contributed by atoms with E-state index < -0.39 is 12.3 Å². The number of carboxylic acids is 1. The fourth-order valence-electron chi connectivity index (χ4n) is 4.04. The maximum atomic E-state index is 14.5. The minimum Gasteiger partial charge on any atom is -0.477 e. The van der Waals surface area contributed by atoms with Crippen molar-refractivity contribution < 1.29 is 19.1 Å². The van der Waals surface area contributed by atoms with Gasteiger partial charge in [-0.05, 0) is 43.3 Å². The van der Waals surface area contributed by atoms with Gasteiger partial charge in [0.1, 0.15) is 4.88 Å². The Labute approximate surface area is 206 Å². The first-order valence-electron chi connectivity index (χ1n) is 10.8. The van der Waals surface area contributed by atoms with Crippen molar-refractivity contribution in [1.82, 2.24) is 10.2 Å². The molecule has 6 nitrogen and oxygen atoms in total. The minimum atomic E-state index is -1.11. The first-order chi connectivity index (χ1) is 16.3. The van der Waals surface area contributed by atoms with Gasteiger partial charge in [0.05, 0.1) is 17.0 Å². The number of alkyl halides is 1. The van der Waals surface area contributed by atoms with E-state index in [4.69, 9.17) is 11.6 Å². The zero-order valence-corrected chi connectivity index (χ0v) is 20.4. The van der Waals surface area contributed by atoms with Crippen LogP contribution in [0.15, 0.2) is 48.5 Å². The maximum absolute atomic E-state index is 14.5. The Morgan fingerprint density at radius 1 is 1.18 bits per heavy atom. The third kappa shape index (κ3) is 4.94. The number of anilines is 1. The highest BCUT2D eigenvalue weighted by Crippen LogP contribution is 2.41. The molecule has 1 amide bonds. The number of nitrogens with zero attached hydrogens (tertiary/aromatic N) is 2. The Kier molecular flexibility index (Phi) is 7.21. The van der Waals surface area contributed by atoms with Crippen LogP contribution >= 0.6 is 22.9 Å². The van der Waals surface area contributed by atoms with Crippen molar-refractivity contribution in [3.8, 4) is 10.4 Å². The Bertz CT molecular complexity index is 1210. The van der Waals surface area contributed by atoms with Crippen molar-refractivity contribution >= 4 is 40.5 Å². The summed E-state index contributed by atoms with van der Waals surface area (Å²) in [6.07, 6.45) is -1.11. The molecule has 2 heterocycles. The lowest BCUT2D eigenvalue weighted by molar-refractivity contribution is 0.0701. The van der Waals surface area contributed by atoms with Crippen molar-refractivity contribution in [2.24, 2.45) is 0 Å². The van der Waals surface area contributed by atoms with Gasteiger partial charge in [0, 0.05) is 35.9 Å². The van der Waals surface area contributed by atoms with Crippen molar-refractivity contribution in [1.29, 1.82) is 0 Å². The van der Waals surface area contributed by atoms with Crippen LogP contribution in [0.5, 0.6) is 0 Å². The predicted octanol–water partition coefficient (Wildman–Crippen LogP) is 5.05. The second-order valence-corrected chi connectivity index (χ2v) is 9.71. The van der Waals surface area contributed by atoms with E-state index in [0.29, 0.717) is 34.1 Å². The molecule has 1 unspecified atom stereocenters. The largest absolute Gasteiger partial charge is 0.477 e. The molecule has 1 aromatic heterocycles. The van der Waals surface area contributed by atoms with Gasteiger partial charge >= 0.3 is 5.97 Å². The van der Waals surface area contributed by atoms with Crippen molar-refractivity contribution in [2.45, 2.75) is 19.8 Å². The Balaban J connectivity index is 1.71. The summed E-state index contributed by atoms with van der Waals surface area (Å²) < 4.78 is 14.5. The first kappa shape index (κ1) is 24.2. The number of nitrogens with one attached hydrogen (secondary N) is 1. The van der Waals surface area contributed by atoms with Gasteiger partial charge < -0.3 is 15.3 Å². The van der Waals surface area contributed by atoms with E-state index in [1.807, 2.05) is 41.3 Å². The smallest absolute Gasteiger partial charge is 0.346 e. The molecule has 1 aliphatic rings. The van der Waals surface area contributed by atoms with Crippen LogP contribution in [-0.2, 0) is 6.54 Å². The maximum Gasteiger partial charge on any atom is 0.346 e. The Morgan fingerprint density at radius 3 is 2.56 bits per heavy atom. The molecule has 1 aliphatic heterocycles. The number of hydrogen-bond donors (Lipinski definition) is 2. The van der Waals surface area contributed by atoms with E-state index >= 15 is 0 Å². The number of amides is 1. The second-order valence-electron chi connectivity index (χ2n) is 8.25. The fraction of sp³-hybridized carbons (Fsp3) is 0.280. The molecule has 1 fully saturated rings. The summed E-state index contributed by atoms with van der Waals surface area (Å²) in [6.45, 7) is 3.31. The van der Waals surface area contributed by atoms with E-state index in [9.17, 15) is 19.1 Å². The molecule has 0 saturated carbocycles. The number of carbonyl (C=O) groups excluding carboxylic acids is 1. The highest BCUT2D eigenvalue weighted by Gasteiger charge is 2.29. The minimum absolute atomic E-state index is 0.114. The summed E-state index contributed by atoms with van der Waals surface area (Å²) in [4.78, 5) is 29.5. The fourth-order valence-corrected chi connectivity index (χ4v) is 5.35. The van der Waals surface area contributed by atoms with Gasteiger partial charge in [-0.2, -0.15) is 0 Å². The van der Waals surface area contributed by atoms with E-state index in [1.165, 1.54) is 0 Å². The zero-order chi connectivity index (χ0) is 24.4. The number of halogens is 2. The molecule has 0 spiro atoms. The molecule has 3 aromatic rings. The average Bonchev–Trinajstić information content (AvgIpc) is 3.17. The van der Waals surface area contributed by atoms with Gasteiger partial charge in [-0.25, -0.2) is 9.18 Å². The van der Waals surface area contributed by atoms with Gasteiger partial charge in [-0.15, -0.1) is 11.3 Å². The van der Waals surface area contributed by atoms with Crippen LogP contribution in [0.3, 0.4) is 0 Å². The van der Waals surface area contributed by atoms with Gasteiger partial charge in [0.2, 0.25) is 0 Å². The van der Waals surface area contributed by atoms with E-state index in [1.54, 1.807) is 31.0 Å². The molecule has 34 heavy (non-hydrogen) atoms. The van der Waals surface area contributed by atoms with E-state index in [-0.39, 0.29) is 23.9 Å². The summed E-state index contributed by atoms with van der Waals surface area (Å²) >= 11 is 7.01. The number of likely N-dealkylation sites (N-methyl/N-ethyl adjacent to an activating group) is 1. The SMILES string of the molecule is Cc1c(C(=O)O)sc(-c2ccccc2N2CCN(C)C(F)C2)c1C(=O)NCc1ccc(Cl)cc1. The number of rotatable bonds is 6. The number of benzene rings is 2. The second kappa shape index (κ2) is 10.1. The molecule has 0 aliphatic carbocycles. The lowest BCUT2D eigenvalue weighted by Crippen LogP contribution is -2.49. The van der Waals surface area contributed by atoms with Crippen molar-refractivity contribution in [3.63, 3.8) is 0 Å². The lowest BCUT2D eigenvalue weighted by Gasteiger charge is -2.37. The Morgan fingerprint density at radius 2 is 1.88 bits per heavy atom. The van der Waals surface area contributed by atoms with Crippen LogP contribution in [0.2, 0.25) is 5.02 Å². The lowest BCUT2D eigenvalue weighted by atomic mass is 10.0. The number of para-hydroxylation sites is 1.